The fourth-order valence-corrected chi connectivity index (χ4v) is 3.39. The molecule has 0 spiro atoms. The molecule has 1 aliphatic rings. The molecule has 1 amide bonds. The van der Waals surface area contributed by atoms with Crippen molar-refractivity contribution in [1.29, 1.82) is 0 Å². The zero-order valence-electron chi connectivity index (χ0n) is 10.6. The van der Waals surface area contributed by atoms with E-state index in [2.05, 4.69) is 16.8 Å². The zero-order valence-corrected chi connectivity index (χ0v) is 12.2. The van der Waals surface area contributed by atoms with E-state index in [4.69, 9.17) is 11.6 Å². The molecule has 0 radical (unpaired) electrons. The summed E-state index contributed by atoms with van der Waals surface area (Å²) in [4.78, 5) is 11.6. The molecule has 1 fully saturated rings. The third-order valence-corrected chi connectivity index (χ3v) is 4.75. The van der Waals surface area contributed by atoms with E-state index in [-0.39, 0.29) is 5.91 Å². The lowest BCUT2D eigenvalue weighted by Gasteiger charge is -2.04. The number of amides is 1. The van der Waals surface area contributed by atoms with E-state index in [9.17, 15) is 4.79 Å². The molecule has 1 saturated carbocycles. The van der Waals surface area contributed by atoms with Gasteiger partial charge < -0.3 is 5.32 Å². The number of fused-ring (bicyclic) bond motifs is 1. The largest absolute Gasteiger partial charge is 0.356 e. The van der Waals surface area contributed by atoms with E-state index in [0.717, 1.165) is 11.4 Å². The second kappa shape index (κ2) is 5.51. The van der Waals surface area contributed by atoms with Crippen LogP contribution in [0.2, 0.25) is 5.02 Å². The van der Waals surface area contributed by atoms with Crippen LogP contribution in [0.25, 0.3) is 10.1 Å². The smallest absolute Gasteiger partial charge is 0.220 e. The number of hydrogen-bond acceptors (Lipinski definition) is 2. The van der Waals surface area contributed by atoms with Crippen molar-refractivity contribution < 1.29 is 4.79 Å². The van der Waals surface area contributed by atoms with Gasteiger partial charge in [0.15, 0.2) is 0 Å². The number of carbonyl (C=O) groups excluding carboxylic acids is 1. The maximum Gasteiger partial charge on any atom is 0.220 e. The van der Waals surface area contributed by atoms with Gasteiger partial charge in [-0.15, -0.1) is 11.3 Å². The highest BCUT2D eigenvalue weighted by molar-refractivity contribution is 7.17. The molecule has 1 aromatic carbocycles. The first kappa shape index (κ1) is 12.9. The van der Waals surface area contributed by atoms with E-state index < -0.39 is 0 Å². The number of nitrogens with one attached hydrogen (secondary N) is 1. The minimum absolute atomic E-state index is 0.195. The average molecular weight is 294 g/mol. The van der Waals surface area contributed by atoms with Crippen LogP contribution in [0.15, 0.2) is 23.6 Å². The Hall–Kier alpha value is -1.06. The Morgan fingerprint density at radius 2 is 2.26 bits per heavy atom. The van der Waals surface area contributed by atoms with Gasteiger partial charge in [0.1, 0.15) is 0 Å². The van der Waals surface area contributed by atoms with Crippen LogP contribution in [0.1, 0.15) is 24.8 Å². The molecule has 1 aliphatic carbocycles. The summed E-state index contributed by atoms with van der Waals surface area (Å²) in [5.41, 5.74) is 1.27. The van der Waals surface area contributed by atoms with E-state index in [1.807, 2.05) is 12.1 Å². The van der Waals surface area contributed by atoms with Crippen molar-refractivity contribution in [2.45, 2.75) is 25.7 Å². The monoisotopic (exact) mass is 293 g/mol. The SMILES string of the molecule is O=C(CC1CC1)NCCc1csc2ccc(Cl)cc12. The van der Waals surface area contributed by atoms with Gasteiger partial charge in [0.05, 0.1) is 0 Å². The molecule has 0 bridgehead atoms. The van der Waals surface area contributed by atoms with E-state index >= 15 is 0 Å². The van der Waals surface area contributed by atoms with Crippen molar-refractivity contribution >= 4 is 38.9 Å². The summed E-state index contributed by atoms with van der Waals surface area (Å²) < 4.78 is 1.25. The summed E-state index contributed by atoms with van der Waals surface area (Å²) in [6, 6.07) is 5.98. The van der Waals surface area contributed by atoms with Gasteiger partial charge in [0.25, 0.3) is 0 Å². The van der Waals surface area contributed by atoms with Gasteiger partial charge in [0.2, 0.25) is 5.91 Å². The van der Waals surface area contributed by atoms with Crippen LogP contribution < -0.4 is 5.32 Å². The third-order valence-electron chi connectivity index (χ3n) is 3.50. The fraction of sp³-hybridized carbons (Fsp3) is 0.400. The molecule has 0 saturated heterocycles. The Kier molecular flexibility index (Phi) is 3.76. The normalized spacial score (nSPS) is 14.8. The molecule has 100 valence electrons. The van der Waals surface area contributed by atoms with Crippen molar-refractivity contribution in [3.8, 4) is 0 Å². The molecule has 2 aromatic rings. The van der Waals surface area contributed by atoms with Crippen LogP contribution in [0.3, 0.4) is 0 Å². The van der Waals surface area contributed by atoms with E-state index in [0.29, 0.717) is 18.9 Å². The topological polar surface area (TPSA) is 29.1 Å². The van der Waals surface area contributed by atoms with Gasteiger partial charge in [0, 0.05) is 22.7 Å². The maximum absolute atomic E-state index is 11.6. The number of halogens is 1. The third kappa shape index (κ3) is 3.28. The highest BCUT2D eigenvalue weighted by atomic mass is 35.5. The summed E-state index contributed by atoms with van der Waals surface area (Å²) in [6.07, 6.45) is 4.02. The number of hydrogen-bond donors (Lipinski definition) is 1. The molecule has 1 N–H and O–H groups in total. The highest BCUT2D eigenvalue weighted by Gasteiger charge is 2.23. The van der Waals surface area contributed by atoms with Gasteiger partial charge in [-0.3, -0.25) is 4.79 Å². The van der Waals surface area contributed by atoms with Crippen molar-refractivity contribution in [3.63, 3.8) is 0 Å². The van der Waals surface area contributed by atoms with Gasteiger partial charge in [-0.2, -0.15) is 0 Å². The zero-order chi connectivity index (χ0) is 13.2. The van der Waals surface area contributed by atoms with Gasteiger partial charge in [-0.25, -0.2) is 0 Å². The van der Waals surface area contributed by atoms with Crippen LogP contribution in [-0.2, 0) is 11.2 Å². The molecule has 1 aromatic heterocycles. The fourth-order valence-electron chi connectivity index (χ4n) is 2.24. The highest BCUT2D eigenvalue weighted by Crippen LogP contribution is 2.32. The first-order valence-corrected chi connectivity index (χ1v) is 7.90. The summed E-state index contributed by atoms with van der Waals surface area (Å²) in [5, 5.41) is 7.15. The molecule has 0 atom stereocenters. The summed E-state index contributed by atoms with van der Waals surface area (Å²) in [7, 11) is 0. The summed E-state index contributed by atoms with van der Waals surface area (Å²) in [5.74, 6) is 0.848. The lowest BCUT2D eigenvalue weighted by Crippen LogP contribution is -2.25. The number of benzene rings is 1. The molecule has 19 heavy (non-hydrogen) atoms. The first-order valence-electron chi connectivity index (χ1n) is 6.65. The Labute approximate surface area is 121 Å². The average Bonchev–Trinajstić information content (AvgIpc) is 3.10. The Morgan fingerprint density at radius 3 is 3.05 bits per heavy atom. The van der Waals surface area contributed by atoms with Crippen LogP contribution >= 0.6 is 22.9 Å². The lowest BCUT2D eigenvalue weighted by molar-refractivity contribution is -0.121. The van der Waals surface area contributed by atoms with E-state index in [1.165, 1.54) is 28.5 Å². The number of carbonyl (C=O) groups is 1. The Balaban J connectivity index is 1.58. The Morgan fingerprint density at radius 1 is 1.42 bits per heavy atom. The second-order valence-corrected chi connectivity index (χ2v) is 6.50. The predicted molar refractivity (Wildman–Crippen MR) is 80.9 cm³/mol. The molecule has 3 rings (SSSR count). The predicted octanol–water partition coefficient (Wildman–Crippen LogP) is 4.01. The molecule has 4 heteroatoms. The van der Waals surface area contributed by atoms with Crippen molar-refractivity contribution in [3.05, 3.63) is 34.2 Å². The minimum atomic E-state index is 0.195. The Bertz CT molecular complexity index is 603. The number of rotatable bonds is 5. The first-order chi connectivity index (χ1) is 9.22. The molecular weight excluding hydrogens is 278 g/mol. The minimum Gasteiger partial charge on any atom is -0.356 e. The molecule has 0 aliphatic heterocycles. The van der Waals surface area contributed by atoms with Crippen LogP contribution in [0.4, 0.5) is 0 Å². The summed E-state index contributed by atoms with van der Waals surface area (Å²) >= 11 is 7.76. The van der Waals surface area contributed by atoms with Crippen LogP contribution in [-0.4, -0.2) is 12.5 Å². The molecule has 0 unspecified atom stereocenters. The quantitative estimate of drug-likeness (QED) is 0.886. The van der Waals surface area contributed by atoms with Crippen molar-refractivity contribution in [1.82, 2.24) is 5.32 Å². The van der Waals surface area contributed by atoms with E-state index in [1.54, 1.807) is 11.3 Å². The molecular formula is C15H16ClNOS. The molecule has 2 nitrogen and oxygen atoms in total. The maximum atomic E-state index is 11.6. The van der Waals surface area contributed by atoms with Crippen molar-refractivity contribution in [2.24, 2.45) is 5.92 Å². The number of thiophene rings is 1. The van der Waals surface area contributed by atoms with Gasteiger partial charge in [-0.1, -0.05) is 11.6 Å². The van der Waals surface area contributed by atoms with Crippen LogP contribution in [0, 0.1) is 5.92 Å². The van der Waals surface area contributed by atoms with Crippen LogP contribution in [0.5, 0.6) is 0 Å². The van der Waals surface area contributed by atoms with Gasteiger partial charge in [-0.05, 0) is 59.7 Å². The van der Waals surface area contributed by atoms with Gasteiger partial charge >= 0.3 is 0 Å². The second-order valence-electron chi connectivity index (χ2n) is 5.15. The summed E-state index contributed by atoms with van der Waals surface area (Å²) in [6.45, 7) is 0.712. The molecule has 1 heterocycles. The van der Waals surface area contributed by atoms with Crippen molar-refractivity contribution in [2.75, 3.05) is 6.54 Å². The lowest BCUT2D eigenvalue weighted by atomic mass is 10.1. The standard InChI is InChI=1S/C15H16ClNOS/c16-12-3-4-14-13(8-12)11(9-19-14)5-6-17-15(18)7-10-1-2-10/h3-4,8-10H,1-2,5-7H2,(H,17,18).